The number of carbonyl (C=O) groups excluding carboxylic acids is 1. The average Bonchev–Trinajstić information content (AvgIpc) is 2.67. The van der Waals surface area contributed by atoms with E-state index in [-0.39, 0.29) is 5.78 Å². The van der Waals surface area contributed by atoms with Gasteiger partial charge in [-0.3, -0.25) is 4.79 Å². The van der Waals surface area contributed by atoms with Crippen LogP contribution in [0.1, 0.15) is 17.5 Å². The Morgan fingerprint density at radius 3 is 3.20 bits per heavy atom. The third kappa shape index (κ3) is 2.09. The molecule has 78 valence electrons. The highest BCUT2D eigenvalue weighted by atomic mass is 16.5. The van der Waals surface area contributed by atoms with E-state index in [0.29, 0.717) is 12.8 Å². The second-order valence-electron chi connectivity index (χ2n) is 3.71. The van der Waals surface area contributed by atoms with E-state index in [1.165, 1.54) is 5.56 Å². The molecule has 2 heteroatoms. The number of Topliss-reactive ketones (excluding diaryl/α,β-unsaturated/α-hetero) is 1. The Morgan fingerprint density at radius 2 is 2.40 bits per heavy atom. The minimum Gasteiger partial charge on any atom is -0.493 e. The lowest BCUT2D eigenvalue weighted by molar-refractivity contribution is -0.117. The summed E-state index contributed by atoms with van der Waals surface area (Å²) in [5.74, 6) is 1.11. The lowest BCUT2D eigenvalue weighted by atomic mass is 10.0. The number of para-hydroxylation sites is 1. The molecule has 1 aromatic rings. The topological polar surface area (TPSA) is 26.3 Å². The molecule has 0 spiro atoms. The number of ether oxygens (including phenoxy) is 1. The number of carbonyl (C=O) groups is 1. The van der Waals surface area contributed by atoms with Gasteiger partial charge in [0.2, 0.25) is 0 Å². The number of hydrogen-bond acceptors (Lipinski definition) is 2. The number of ketones is 1. The summed E-state index contributed by atoms with van der Waals surface area (Å²) in [6.45, 7) is 4.30. The Balaban J connectivity index is 2.18. The molecule has 0 aromatic heterocycles. The molecule has 2 rings (SSSR count). The Morgan fingerprint density at radius 1 is 1.53 bits per heavy atom. The van der Waals surface area contributed by atoms with E-state index in [0.717, 1.165) is 24.3 Å². The number of rotatable bonds is 4. The molecule has 0 fully saturated rings. The van der Waals surface area contributed by atoms with Gasteiger partial charge in [-0.2, -0.15) is 0 Å². The van der Waals surface area contributed by atoms with Crippen LogP contribution in [-0.2, 0) is 17.6 Å². The summed E-state index contributed by atoms with van der Waals surface area (Å²) in [6.07, 6.45) is 3.49. The van der Waals surface area contributed by atoms with E-state index in [1.54, 1.807) is 6.08 Å². The summed E-state index contributed by atoms with van der Waals surface area (Å²) in [6, 6.07) is 6.01. The van der Waals surface area contributed by atoms with Gasteiger partial charge in [-0.25, -0.2) is 0 Å². The van der Waals surface area contributed by atoms with Crippen molar-refractivity contribution in [3.05, 3.63) is 42.0 Å². The fourth-order valence-electron chi connectivity index (χ4n) is 1.87. The summed E-state index contributed by atoms with van der Waals surface area (Å²) < 4.78 is 5.53. The Hall–Kier alpha value is -1.57. The zero-order chi connectivity index (χ0) is 10.7. The number of fused-ring (bicyclic) bond motifs is 1. The predicted octanol–water partition coefficient (Wildman–Crippen LogP) is 2.31. The summed E-state index contributed by atoms with van der Waals surface area (Å²) in [7, 11) is 0. The molecule has 0 saturated carbocycles. The Labute approximate surface area is 89.6 Å². The van der Waals surface area contributed by atoms with E-state index in [9.17, 15) is 4.79 Å². The molecule has 0 atom stereocenters. The smallest absolute Gasteiger partial charge is 0.141 e. The molecule has 0 saturated heterocycles. The molecule has 1 heterocycles. The molecule has 2 nitrogen and oxygen atoms in total. The van der Waals surface area contributed by atoms with Gasteiger partial charge in [-0.1, -0.05) is 24.3 Å². The quantitative estimate of drug-likeness (QED) is 0.700. The molecular weight excluding hydrogens is 188 g/mol. The molecule has 1 aliphatic heterocycles. The maximum Gasteiger partial charge on any atom is 0.141 e. The lowest BCUT2D eigenvalue weighted by Gasteiger charge is -2.06. The lowest BCUT2D eigenvalue weighted by Crippen LogP contribution is -2.02. The van der Waals surface area contributed by atoms with Crippen LogP contribution >= 0.6 is 0 Å². The highest BCUT2D eigenvalue weighted by molar-refractivity contribution is 5.82. The van der Waals surface area contributed by atoms with Crippen LogP contribution in [0.4, 0.5) is 0 Å². The van der Waals surface area contributed by atoms with Crippen molar-refractivity contribution in [2.45, 2.75) is 19.3 Å². The number of hydrogen-bond donors (Lipinski definition) is 0. The molecule has 15 heavy (non-hydrogen) atoms. The molecule has 0 unspecified atom stereocenters. The SMILES string of the molecule is C=CCC(=O)Cc1cccc2c1OCC2. The van der Waals surface area contributed by atoms with Gasteiger partial charge < -0.3 is 4.74 Å². The molecule has 0 amide bonds. The van der Waals surface area contributed by atoms with Gasteiger partial charge >= 0.3 is 0 Å². The van der Waals surface area contributed by atoms with Crippen molar-refractivity contribution in [3.63, 3.8) is 0 Å². The minimum atomic E-state index is 0.189. The number of allylic oxidation sites excluding steroid dienone is 1. The molecule has 1 aromatic carbocycles. The van der Waals surface area contributed by atoms with Gasteiger partial charge in [0.1, 0.15) is 11.5 Å². The van der Waals surface area contributed by atoms with E-state index in [4.69, 9.17) is 4.74 Å². The first-order valence-electron chi connectivity index (χ1n) is 5.17. The van der Waals surface area contributed by atoms with Gasteiger partial charge in [-0.15, -0.1) is 6.58 Å². The van der Waals surface area contributed by atoms with Crippen LogP contribution < -0.4 is 4.74 Å². The molecule has 0 bridgehead atoms. The van der Waals surface area contributed by atoms with Crippen molar-refractivity contribution >= 4 is 5.78 Å². The monoisotopic (exact) mass is 202 g/mol. The third-order valence-electron chi connectivity index (χ3n) is 2.56. The van der Waals surface area contributed by atoms with Gasteiger partial charge in [0.15, 0.2) is 0 Å². The maximum atomic E-state index is 11.5. The van der Waals surface area contributed by atoms with Crippen LogP contribution in [0.2, 0.25) is 0 Å². The average molecular weight is 202 g/mol. The van der Waals surface area contributed by atoms with Crippen molar-refractivity contribution in [2.75, 3.05) is 6.61 Å². The molecule has 0 N–H and O–H groups in total. The van der Waals surface area contributed by atoms with Gasteiger partial charge in [0.05, 0.1) is 6.61 Å². The van der Waals surface area contributed by atoms with Crippen molar-refractivity contribution < 1.29 is 9.53 Å². The normalized spacial score (nSPS) is 13.1. The predicted molar refractivity (Wildman–Crippen MR) is 59.2 cm³/mol. The van der Waals surface area contributed by atoms with E-state index in [1.807, 2.05) is 12.1 Å². The van der Waals surface area contributed by atoms with E-state index >= 15 is 0 Å². The summed E-state index contributed by atoms with van der Waals surface area (Å²) >= 11 is 0. The van der Waals surface area contributed by atoms with Crippen molar-refractivity contribution in [1.29, 1.82) is 0 Å². The van der Waals surface area contributed by atoms with Crippen LogP contribution in [0, 0.1) is 0 Å². The zero-order valence-electron chi connectivity index (χ0n) is 8.66. The minimum absolute atomic E-state index is 0.189. The molecule has 1 aliphatic rings. The zero-order valence-corrected chi connectivity index (χ0v) is 8.66. The van der Waals surface area contributed by atoms with Gasteiger partial charge in [0.25, 0.3) is 0 Å². The van der Waals surface area contributed by atoms with Crippen molar-refractivity contribution in [3.8, 4) is 5.75 Å². The van der Waals surface area contributed by atoms with Crippen molar-refractivity contribution in [2.24, 2.45) is 0 Å². The maximum absolute atomic E-state index is 11.5. The van der Waals surface area contributed by atoms with Gasteiger partial charge in [0, 0.05) is 24.8 Å². The number of benzene rings is 1. The Kier molecular flexibility index (Phi) is 2.86. The standard InChI is InChI=1S/C13H14O2/c1-2-4-12(14)9-11-6-3-5-10-7-8-15-13(10)11/h2-3,5-6H,1,4,7-9H2. The second kappa shape index (κ2) is 4.30. The van der Waals surface area contributed by atoms with Crippen LogP contribution in [0.15, 0.2) is 30.9 Å². The van der Waals surface area contributed by atoms with Crippen LogP contribution in [0.25, 0.3) is 0 Å². The van der Waals surface area contributed by atoms with Crippen LogP contribution in [0.3, 0.4) is 0 Å². The second-order valence-corrected chi connectivity index (χ2v) is 3.71. The largest absolute Gasteiger partial charge is 0.493 e. The fourth-order valence-corrected chi connectivity index (χ4v) is 1.87. The molecule has 0 radical (unpaired) electrons. The first-order valence-corrected chi connectivity index (χ1v) is 5.17. The fraction of sp³-hybridized carbons (Fsp3) is 0.308. The van der Waals surface area contributed by atoms with E-state index in [2.05, 4.69) is 12.6 Å². The third-order valence-corrected chi connectivity index (χ3v) is 2.56. The molecule has 0 aliphatic carbocycles. The summed E-state index contributed by atoms with van der Waals surface area (Å²) in [5, 5.41) is 0. The summed E-state index contributed by atoms with van der Waals surface area (Å²) in [4.78, 5) is 11.5. The van der Waals surface area contributed by atoms with Gasteiger partial charge in [-0.05, 0) is 5.56 Å². The van der Waals surface area contributed by atoms with Crippen LogP contribution in [0.5, 0.6) is 5.75 Å². The first-order chi connectivity index (χ1) is 7.31. The van der Waals surface area contributed by atoms with E-state index < -0.39 is 0 Å². The van der Waals surface area contributed by atoms with Crippen LogP contribution in [-0.4, -0.2) is 12.4 Å². The Bertz CT molecular complexity index is 394. The molecular formula is C13H14O2. The first kappa shape index (κ1) is 9.97. The summed E-state index contributed by atoms with van der Waals surface area (Å²) in [5.41, 5.74) is 2.23. The van der Waals surface area contributed by atoms with Crippen molar-refractivity contribution in [1.82, 2.24) is 0 Å². The highest BCUT2D eigenvalue weighted by Crippen LogP contribution is 2.29. The highest BCUT2D eigenvalue weighted by Gasteiger charge is 2.16.